The van der Waals surface area contributed by atoms with Gasteiger partial charge in [-0.2, -0.15) is 0 Å². The number of rotatable bonds is 15. The zero-order valence-corrected chi connectivity index (χ0v) is 34.5. The van der Waals surface area contributed by atoms with E-state index in [1.165, 1.54) is 128 Å². The minimum atomic E-state index is 0.0370. The standard InChI is InChI=1S/C53H65N/c1-8-9-10-16-35-53(36-17-12-11-13-18-39-21-22-40-23-24-41(40)37-39)49-20-15-14-19-47(49)48-34-33-46(38-50(48)53)54(44-29-25-42(26-30-44)51(2,3)4)45-31-27-43(28-32-45)52(5,6)7/h14-15,19-22,25-34,37-38H,8-13,16-18,23-24,35-36H2,1-7H3. The molecular formula is C53H65N. The number of fused-ring (bicyclic) bond motifs is 4. The highest BCUT2D eigenvalue weighted by Crippen LogP contribution is 2.55. The Kier molecular flexibility index (Phi) is 11.3. The van der Waals surface area contributed by atoms with Crippen LogP contribution in [0.3, 0.4) is 0 Å². The van der Waals surface area contributed by atoms with Crippen LogP contribution in [0.15, 0.2) is 109 Å². The monoisotopic (exact) mass is 716 g/mol. The third-order valence-corrected chi connectivity index (χ3v) is 12.7. The zero-order valence-electron chi connectivity index (χ0n) is 34.5. The molecule has 0 spiro atoms. The van der Waals surface area contributed by atoms with E-state index in [1.54, 1.807) is 22.3 Å². The van der Waals surface area contributed by atoms with Gasteiger partial charge in [0.2, 0.25) is 0 Å². The quantitative estimate of drug-likeness (QED) is 0.0976. The highest BCUT2D eigenvalue weighted by Gasteiger charge is 2.42. The predicted molar refractivity (Wildman–Crippen MR) is 234 cm³/mol. The second-order valence-electron chi connectivity index (χ2n) is 18.6. The molecule has 0 bridgehead atoms. The lowest BCUT2D eigenvalue weighted by atomic mass is 9.70. The first-order chi connectivity index (χ1) is 26.0. The minimum Gasteiger partial charge on any atom is -0.310 e. The number of anilines is 3. The van der Waals surface area contributed by atoms with Crippen LogP contribution in [0.4, 0.5) is 17.1 Å². The van der Waals surface area contributed by atoms with Gasteiger partial charge in [0.1, 0.15) is 0 Å². The summed E-state index contributed by atoms with van der Waals surface area (Å²) in [7, 11) is 0. The van der Waals surface area contributed by atoms with Crippen molar-refractivity contribution in [1.29, 1.82) is 0 Å². The summed E-state index contributed by atoms with van der Waals surface area (Å²) in [5, 5.41) is 0. The summed E-state index contributed by atoms with van der Waals surface area (Å²) in [6.45, 7) is 16.1. The van der Waals surface area contributed by atoms with Gasteiger partial charge in [-0.3, -0.25) is 0 Å². The van der Waals surface area contributed by atoms with Crippen LogP contribution in [0.25, 0.3) is 11.1 Å². The van der Waals surface area contributed by atoms with Crippen LogP contribution in [-0.2, 0) is 35.5 Å². The molecule has 0 aliphatic heterocycles. The van der Waals surface area contributed by atoms with Crippen molar-refractivity contribution in [3.8, 4) is 11.1 Å². The molecule has 0 radical (unpaired) electrons. The van der Waals surface area contributed by atoms with E-state index in [4.69, 9.17) is 0 Å². The van der Waals surface area contributed by atoms with Crippen molar-refractivity contribution in [3.05, 3.63) is 148 Å². The van der Waals surface area contributed by atoms with Crippen molar-refractivity contribution in [2.45, 2.75) is 148 Å². The summed E-state index contributed by atoms with van der Waals surface area (Å²) in [4.78, 5) is 2.50. The normalized spacial score (nSPS) is 16.1. The van der Waals surface area contributed by atoms with Crippen molar-refractivity contribution in [2.75, 3.05) is 4.90 Å². The lowest BCUT2D eigenvalue weighted by Gasteiger charge is -2.34. The summed E-state index contributed by atoms with van der Waals surface area (Å²) in [6.07, 6.45) is 16.5. The Morgan fingerprint density at radius 1 is 0.500 bits per heavy atom. The fourth-order valence-corrected chi connectivity index (χ4v) is 9.28. The Bertz CT molecular complexity index is 1960. The molecule has 1 atom stereocenters. The van der Waals surface area contributed by atoms with Crippen molar-refractivity contribution in [3.63, 3.8) is 0 Å². The second-order valence-corrected chi connectivity index (χ2v) is 18.6. The fraction of sp³-hybridized carbons (Fsp3) is 0.434. The van der Waals surface area contributed by atoms with E-state index < -0.39 is 0 Å². The molecule has 7 rings (SSSR count). The van der Waals surface area contributed by atoms with Gasteiger partial charge in [-0.25, -0.2) is 0 Å². The number of hydrogen-bond acceptors (Lipinski definition) is 1. The van der Waals surface area contributed by atoms with E-state index in [2.05, 4.69) is 163 Å². The largest absolute Gasteiger partial charge is 0.310 e. The maximum atomic E-state index is 2.59. The molecule has 0 saturated heterocycles. The number of unbranched alkanes of at least 4 members (excludes halogenated alkanes) is 6. The molecule has 0 fully saturated rings. The van der Waals surface area contributed by atoms with Gasteiger partial charge in [0.05, 0.1) is 0 Å². The summed E-state index contributed by atoms with van der Waals surface area (Å²) >= 11 is 0. The highest BCUT2D eigenvalue weighted by atomic mass is 15.1. The van der Waals surface area contributed by atoms with Crippen LogP contribution in [0, 0.1) is 0 Å². The summed E-state index contributed by atoms with van der Waals surface area (Å²) in [5.41, 5.74) is 17.4. The van der Waals surface area contributed by atoms with Gasteiger partial charge < -0.3 is 4.90 Å². The van der Waals surface area contributed by atoms with Crippen molar-refractivity contribution < 1.29 is 0 Å². The van der Waals surface area contributed by atoms with Gasteiger partial charge in [-0.15, -0.1) is 0 Å². The first-order valence-electron chi connectivity index (χ1n) is 21.3. The van der Waals surface area contributed by atoms with Gasteiger partial charge >= 0.3 is 0 Å². The second kappa shape index (κ2) is 15.9. The van der Waals surface area contributed by atoms with Gasteiger partial charge in [-0.05, 0) is 136 Å². The SMILES string of the molecule is CCCCCCC1(CCCCCCc2ccc3c(c2)CC3)c2ccccc2-c2ccc(N(c3ccc(C(C)(C)C)cc3)c3ccc(C(C)(C)C)cc3)cc21. The molecule has 1 heteroatoms. The number of aryl methyl sites for hydroxylation is 3. The molecule has 2 aliphatic carbocycles. The Hall–Kier alpha value is -4.10. The molecule has 54 heavy (non-hydrogen) atoms. The maximum absolute atomic E-state index is 2.59. The number of benzene rings is 5. The van der Waals surface area contributed by atoms with E-state index in [0.717, 1.165) is 0 Å². The average Bonchev–Trinajstić information content (AvgIpc) is 3.41. The van der Waals surface area contributed by atoms with E-state index in [1.807, 2.05) is 0 Å². The number of hydrogen-bond donors (Lipinski definition) is 0. The molecule has 0 amide bonds. The van der Waals surface area contributed by atoms with Crippen molar-refractivity contribution in [2.24, 2.45) is 0 Å². The topological polar surface area (TPSA) is 3.24 Å². The van der Waals surface area contributed by atoms with Crippen molar-refractivity contribution in [1.82, 2.24) is 0 Å². The van der Waals surface area contributed by atoms with Crippen LogP contribution in [0.5, 0.6) is 0 Å². The Balaban J connectivity index is 1.22. The Labute approximate surface area is 328 Å². The molecule has 1 nitrogen and oxygen atoms in total. The van der Waals surface area contributed by atoms with Crippen LogP contribution in [0.1, 0.15) is 152 Å². The van der Waals surface area contributed by atoms with Gasteiger partial charge in [0.15, 0.2) is 0 Å². The first-order valence-corrected chi connectivity index (χ1v) is 21.3. The molecule has 5 aromatic rings. The average molecular weight is 716 g/mol. The van der Waals surface area contributed by atoms with Gasteiger partial charge in [0.25, 0.3) is 0 Å². The molecule has 0 N–H and O–H groups in total. The Morgan fingerprint density at radius 3 is 1.63 bits per heavy atom. The summed E-state index contributed by atoms with van der Waals surface area (Å²) < 4.78 is 0. The molecule has 0 saturated carbocycles. The van der Waals surface area contributed by atoms with E-state index in [0.29, 0.717) is 0 Å². The molecule has 0 heterocycles. The van der Waals surface area contributed by atoms with Gasteiger partial charge in [0, 0.05) is 22.5 Å². The van der Waals surface area contributed by atoms with Crippen LogP contribution in [-0.4, -0.2) is 0 Å². The fourth-order valence-electron chi connectivity index (χ4n) is 9.28. The Morgan fingerprint density at radius 2 is 1.06 bits per heavy atom. The molecule has 282 valence electrons. The van der Waals surface area contributed by atoms with Crippen LogP contribution >= 0.6 is 0 Å². The molecule has 5 aromatic carbocycles. The molecule has 2 aliphatic rings. The van der Waals surface area contributed by atoms with Crippen molar-refractivity contribution >= 4 is 17.1 Å². The van der Waals surface area contributed by atoms with E-state index in [-0.39, 0.29) is 16.2 Å². The summed E-state index contributed by atoms with van der Waals surface area (Å²) in [6, 6.07) is 42.7. The maximum Gasteiger partial charge on any atom is 0.0465 e. The van der Waals surface area contributed by atoms with E-state index in [9.17, 15) is 0 Å². The summed E-state index contributed by atoms with van der Waals surface area (Å²) in [5.74, 6) is 0. The molecule has 1 unspecified atom stereocenters. The smallest absolute Gasteiger partial charge is 0.0465 e. The lowest BCUT2D eigenvalue weighted by molar-refractivity contribution is 0.400. The third-order valence-electron chi connectivity index (χ3n) is 12.7. The molecule has 0 aromatic heterocycles. The third kappa shape index (κ3) is 7.98. The van der Waals surface area contributed by atoms with Crippen LogP contribution in [0.2, 0.25) is 0 Å². The lowest BCUT2D eigenvalue weighted by Crippen LogP contribution is -2.26. The van der Waals surface area contributed by atoms with E-state index >= 15 is 0 Å². The highest BCUT2D eigenvalue weighted by molar-refractivity contribution is 5.86. The number of nitrogens with zero attached hydrogens (tertiary/aromatic N) is 1. The molecular weight excluding hydrogens is 651 g/mol. The predicted octanol–water partition coefficient (Wildman–Crippen LogP) is 15.3. The van der Waals surface area contributed by atoms with Crippen LogP contribution < -0.4 is 4.90 Å². The van der Waals surface area contributed by atoms with Gasteiger partial charge in [-0.1, -0.05) is 166 Å². The minimum absolute atomic E-state index is 0.0370. The zero-order chi connectivity index (χ0) is 37.9. The first kappa shape index (κ1) is 38.2.